The standard InChI is InChI=1S/C18H20ClFN2S/c19-14-5-7-15(8-6-14)23-18-4-2-1-3-16(18)17(13-20)22-11-9-21-10-12-22/h1-8,17,21H,9-13H2/t17-/m1/s1. The number of alkyl halides is 1. The Hall–Kier alpha value is -1.07. The molecule has 1 heterocycles. The molecule has 2 aromatic carbocycles. The van der Waals surface area contributed by atoms with Gasteiger partial charge in [-0.25, -0.2) is 4.39 Å². The molecule has 2 nitrogen and oxygen atoms in total. The van der Waals surface area contributed by atoms with Crippen LogP contribution in [0.3, 0.4) is 0 Å². The van der Waals surface area contributed by atoms with Crippen molar-refractivity contribution in [2.24, 2.45) is 0 Å². The Morgan fingerprint density at radius 1 is 1.09 bits per heavy atom. The average molecular weight is 351 g/mol. The molecule has 1 atom stereocenters. The number of hydrogen-bond acceptors (Lipinski definition) is 3. The first-order valence-electron chi connectivity index (χ1n) is 7.81. The van der Waals surface area contributed by atoms with Crippen LogP contribution in [0.1, 0.15) is 11.6 Å². The van der Waals surface area contributed by atoms with E-state index in [9.17, 15) is 4.39 Å². The molecule has 5 heteroatoms. The fourth-order valence-corrected chi connectivity index (χ4v) is 3.97. The smallest absolute Gasteiger partial charge is 0.109 e. The van der Waals surface area contributed by atoms with Gasteiger partial charge in [-0.2, -0.15) is 0 Å². The van der Waals surface area contributed by atoms with E-state index in [0.717, 1.165) is 46.6 Å². The van der Waals surface area contributed by atoms with Gasteiger partial charge in [0.25, 0.3) is 0 Å². The highest BCUT2D eigenvalue weighted by atomic mass is 35.5. The number of piperazine rings is 1. The lowest BCUT2D eigenvalue weighted by atomic mass is 10.1. The molecule has 0 aromatic heterocycles. The van der Waals surface area contributed by atoms with E-state index in [2.05, 4.69) is 16.3 Å². The Morgan fingerprint density at radius 2 is 1.78 bits per heavy atom. The zero-order valence-corrected chi connectivity index (χ0v) is 14.4. The van der Waals surface area contributed by atoms with Crippen LogP contribution in [0.25, 0.3) is 0 Å². The molecule has 0 unspecified atom stereocenters. The summed E-state index contributed by atoms with van der Waals surface area (Å²) in [6, 6.07) is 15.7. The van der Waals surface area contributed by atoms with Crippen LogP contribution in [0.2, 0.25) is 5.02 Å². The lowest BCUT2D eigenvalue weighted by molar-refractivity contribution is 0.146. The second-order valence-corrected chi connectivity index (χ2v) is 7.10. The van der Waals surface area contributed by atoms with Crippen LogP contribution >= 0.6 is 23.4 Å². The number of rotatable bonds is 5. The molecule has 1 fully saturated rings. The predicted octanol–water partition coefficient (Wildman–Crippen LogP) is 4.41. The third-order valence-corrected chi connectivity index (χ3v) is 5.41. The lowest BCUT2D eigenvalue weighted by Crippen LogP contribution is -2.45. The van der Waals surface area contributed by atoms with Crippen LogP contribution in [0.15, 0.2) is 58.3 Å². The topological polar surface area (TPSA) is 15.3 Å². The highest BCUT2D eigenvalue weighted by Gasteiger charge is 2.24. The summed E-state index contributed by atoms with van der Waals surface area (Å²) in [5.41, 5.74) is 1.07. The summed E-state index contributed by atoms with van der Waals surface area (Å²) in [6.45, 7) is 3.24. The van der Waals surface area contributed by atoms with Crippen molar-refractivity contribution in [3.05, 3.63) is 59.1 Å². The predicted molar refractivity (Wildman–Crippen MR) is 95.2 cm³/mol. The average Bonchev–Trinajstić information content (AvgIpc) is 2.60. The number of nitrogens with one attached hydrogen (secondary N) is 1. The van der Waals surface area contributed by atoms with Crippen LogP contribution in [0.5, 0.6) is 0 Å². The quantitative estimate of drug-likeness (QED) is 0.860. The highest BCUT2D eigenvalue weighted by molar-refractivity contribution is 7.99. The van der Waals surface area contributed by atoms with Crippen molar-refractivity contribution in [3.63, 3.8) is 0 Å². The fourth-order valence-electron chi connectivity index (χ4n) is 2.85. The highest BCUT2D eigenvalue weighted by Crippen LogP contribution is 2.36. The first kappa shape index (κ1) is 16.8. The van der Waals surface area contributed by atoms with E-state index >= 15 is 0 Å². The van der Waals surface area contributed by atoms with Gasteiger partial charge >= 0.3 is 0 Å². The molecule has 1 aliphatic heterocycles. The summed E-state index contributed by atoms with van der Waals surface area (Å²) < 4.78 is 13.8. The number of halogens is 2. The van der Waals surface area contributed by atoms with Crippen molar-refractivity contribution in [1.82, 2.24) is 10.2 Å². The minimum absolute atomic E-state index is 0.173. The molecule has 0 radical (unpaired) electrons. The zero-order chi connectivity index (χ0) is 16.1. The van der Waals surface area contributed by atoms with Crippen LogP contribution in [0, 0.1) is 0 Å². The zero-order valence-electron chi connectivity index (χ0n) is 12.8. The summed E-state index contributed by atoms with van der Waals surface area (Å²) in [7, 11) is 0. The van der Waals surface area contributed by atoms with Crippen molar-refractivity contribution in [3.8, 4) is 0 Å². The largest absolute Gasteiger partial charge is 0.314 e. The van der Waals surface area contributed by atoms with E-state index in [0.29, 0.717) is 0 Å². The third kappa shape index (κ3) is 4.27. The maximum absolute atomic E-state index is 13.8. The van der Waals surface area contributed by atoms with Gasteiger partial charge in [-0.1, -0.05) is 41.6 Å². The van der Waals surface area contributed by atoms with Gasteiger partial charge in [0.05, 0.1) is 6.04 Å². The molecule has 0 amide bonds. The van der Waals surface area contributed by atoms with Crippen molar-refractivity contribution >= 4 is 23.4 Å². The van der Waals surface area contributed by atoms with E-state index in [-0.39, 0.29) is 12.7 Å². The Balaban J connectivity index is 1.85. The molecule has 0 saturated carbocycles. The van der Waals surface area contributed by atoms with Gasteiger partial charge in [0.2, 0.25) is 0 Å². The third-order valence-electron chi connectivity index (χ3n) is 4.06. The molecular weight excluding hydrogens is 331 g/mol. The van der Waals surface area contributed by atoms with E-state index < -0.39 is 0 Å². The molecule has 1 aliphatic rings. The molecule has 1 N–H and O–H groups in total. The Labute approximate surface area is 146 Å². The van der Waals surface area contributed by atoms with Crippen LogP contribution in [-0.4, -0.2) is 37.8 Å². The molecule has 0 spiro atoms. The van der Waals surface area contributed by atoms with E-state index in [1.54, 1.807) is 11.8 Å². The summed E-state index contributed by atoms with van der Waals surface area (Å²) in [6.07, 6.45) is 0. The van der Waals surface area contributed by atoms with Crippen LogP contribution in [0.4, 0.5) is 4.39 Å². The molecule has 2 aromatic rings. The van der Waals surface area contributed by atoms with E-state index in [1.807, 2.05) is 42.5 Å². The monoisotopic (exact) mass is 350 g/mol. The Bertz CT molecular complexity index is 629. The second kappa shape index (κ2) is 8.15. The molecule has 0 bridgehead atoms. The van der Waals surface area contributed by atoms with Crippen molar-refractivity contribution in [2.45, 2.75) is 15.8 Å². The van der Waals surface area contributed by atoms with Gasteiger partial charge < -0.3 is 5.32 Å². The molecule has 0 aliphatic carbocycles. The van der Waals surface area contributed by atoms with Gasteiger partial charge in [-0.3, -0.25) is 4.90 Å². The molecule has 3 rings (SSSR count). The van der Waals surface area contributed by atoms with Gasteiger partial charge in [0, 0.05) is 41.0 Å². The minimum atomic E-state index is -0.363. The summed E-state index contributed by atoms with van der Waals surface area (Å²) in [5, 5.41) is 4.05. The Morgan fingerprint density at radius 3 is 2.48 bits per heavy atom. The number of hydrogen-bond donors (Lipinski definition) is 1. The van der Waals surface area contributed by atoms with Crippen LogP contribution < -0.4 is 5.32 Å². The first-order chi connectivity index (χ1) is 11.3. The molecule has 23 heavy (non-hydrogen) atoms. The Kier molecular flexibility index (Phi) is 5.95. The second-order valence-electron chi connectivity index (χ2n) is 5.55. The molecule has 1 saturated heterocycles. The lowest BCUT2D eigenvalue weighted by Gasteiger charge is -2.34. The van der Waals surface area contributed by atoms with Crippen molar-refractivity contribution < 1.29 is 4.39 Å². The van der Waals surface area contributed by atoms with Crippen molar-refractivity contribution in [1.29, 1.82) is 0 Å². The van der Waals surface area contributed by atoms with Gasteiger partial charge in [-0.05, 0) is 35.9 Å². The van der Waals surface area contributed by atoms with Gasteiger partial charge in [0.15, 0.2) is 0 Å². The van der Waals surface area contributed by atoms with E-state index in [4.69, 9.17) is 11.6 Å². The van der Waals surface area contributed by atoms with E-state index in [1.165, 1.54) is 0 Å². The SMILES string of the molecule is FC[C@H](c1ccccc1Sc1ccc(Cl)cc1)N1CCNCC1. The normalized spacial score (nSPS) is 17.1. The minimum Gasteiger partial charge on any atom is -0.314 e. The maximum Gasteiger partial charge on any atom is 0.109 e. The first-order valence-corrected chi connectivity index (χ1v) is 9.00. The van der Waals surface area contributed by atoms with Crippen LogP contribution in [-0.2, 0) is 0 Å². The number of nitrogens with zero attached hydrogens (tertiary/aromatic N) is 1. The van der Waals surface area contributed by atoms with Gasteiger partial charge in [-0.15, -0.1) is 0 Å². The number of benzene rings is 2. The fraction of sp³-hybridized carbons (Fsp3) is 0.333. The summed E-state index contributed by atoms with van der Waals surface area (Å²) in [5.74, 6) is 0. The van der Waals surface area contributed by atoms with Crippen molar-refractivity contribution in [2.75, 3.05) is 32.9 Å². The van der Waals surface area contributed by atoms with Gasteiger partial charge in [0.1, 0.15) is 6.67 Å². The maximum atomic E-state index is 13.8. The molecule has 122 valence electrons. The summed E-state index contributed by atoms with van der Waals surface area (Å²) >= 11 is 7.61. The molecular formula is C18H20ClFN2S. The summed E-state index contributed by atoms with van der Waals surface area (Å²) in [4.78, 5) is 4.45.